The van der Waals surface area contributed by atoms with Gasteiger partial charge in [-0.3, -0.25) is 4.79 Å². The highest BCUT2D eigenvalue weighted by molar-refractivity contribution is 5.73. The fourth-order valence-corrected chi connectivity index (χ4v) is 2.09. The molecule has 0 aliphatic rings. The van der Waals surface area contributed by atoms with Crippen molar-refractivity contribution in [3.05, 3.63) is 47.9 Å². The summed E-state index contributed by atoms with van der Waals surface area (Å²) in [5, 5.41) is 21.3. The molecule has 0 radical (unpaired) electrons. The first-order valence-corrected chi connectivity index (χ1v) is 6.94. The Morgan fingerprint density at radius 2 is 2.04 bits per heavy atom. The molecule has 0 aliphatic heterocycles. The van der Waals surface area contributed by atoms with Crippen molar-refractivity contribution >= 4 is 11.8 Å². The lowest BCUT2D eigenvalue weighted by Gasteiger charge is -2.16. The van der Waals surface area contributed by atoms with E-state index in [9.17, 15) is 9.90 Å². The maximum absolute atomic E-state index is 11.9. The van der Waals surface area contributed by atoms with Crippen molar-refractivity contribution in [1.82, 2.24) is 9.97 Å². The topological polar surface area (TPSA) is 108 Å². The Bertz CT molecular complexity index is 710. The number of nitrogens with one attached hydrogen (secondary N) is 1. The van der Waals surface area contributed by atoms with Crippen LogP contribution in [0.3, 0.4) is 0 Å². The first-order chi connectivity index (χ1) is 11.1. The van der Waals surface area contributed by atoms with E-state index in [4.69, 9.17) is 10.00 Å². The van der Waals surface area contributed by atoms with E-state index in [-0.39, 0.29) is 24.0 Å². The molecule has 7 heteroatoms. The minimum absolute atomic E-state index is 0.166. The number of phenols is 1. The molecule has 118 valence electrons. The Balaban J connectivity index is 2.08. The third-order valence-corrected chi connectivity index (χ3v) is 3.27. The number of phenolic OH excluding ortho intramolecular Hbond substituents is 1. The number of rotatable bonds is 6. The predicted octanol–water partition coefficient (Wildman–Crippen LogP) is 1.50. The number of aromatic nitrogens is 2. The van der Waals surface area contributed by atoms with Gasteiger partial charge < -0.3 is 15.2 Å². The Morgan fingerprint density at radius 3 is 2.70 bits per heavy atom. The number of aromatic hydroxyl groups is 1. The summed E-state index contributed by atoms with van der Waals surface area (Å²) in [6.45, 7) is 0.251. The van der Waals surface area contributed by atoms with Gasteiger partial charge in [-0.1, -0.05) is 12.1 Å². The molecular formula is C16H16N4O3. The van der Waals surface area contributed by atoms with Crippen LogP contribution in [0, 0.1) is 17.2 Å². The summed E-state index contributed by atoms with van der Waals surface area (Å²) < 4.78 is 4.82. The maximum atomic E-state index is 11.9. The fourth-order valence-electron chi connectivity index (χ4n) is 2.09. The molecule has 23 heavy (non-hydrogen) atoms. The average Bonchev–Trinajstić information content (AvgIpc) is 2.59. The molecular weight excluding hydrogens is 296 g/mol. The standard InChI is InChI=1S/C16H16N4O3/c1-23-16(22)12(8-11-2-4-13(21)5-3-11)10-20-15-14(9-17)18-6-7-19-15/h2-7,12,21H,8,10H2,1H3,(H,19,20). The van der Waals surface area contributed by atoms with Crippen molar-refractivity contribution < 1.29 is 14.6 Å². The zero-order chi connectivity index (χ0) is 16.7. The number of carbonyl (C=O) groups excluding carboxylic acids is 1. The van der Waals surface area contributed by atoms with Gasteiger partial charge >= 0.3 is 5.97 Å². The van der Waals surface area contributed by atoms with Gasteiger partial charge in [-0.05, 0) is 24.1 Å². The van der Waals surface area contributed by atoms with Crippen LogP contribution < -0.4 is 5.32 Å². The number of hydrogen-bond acceptors (Lipinski definition) is 7. The summed E-state index contributed by atoms with van der Waals surface area (Å²) >= 11 is 0. The van der Waals surface area contributed by atoms with Crippen molar-refractivity contribution in [2.24, 2.45) is 5.92 Å². The van der Waals surface area contributed by atoms with E-state index in [1.54, 1.807) is 24.3 Å². The van der Waals surface area contributed by atoms with Crippen LogP contribution in [0.2, 0.25) is 0 Å². The van der Waals surface area contributed by atoms with E-state index in [2.05, 4.69) is 15.3 Å². The number of ether oxygens (including phenoxy) is 1. The number of esters is 1. The maximum Gasteiger partial charge on any atom is 0.310 e. The lowest BCUT2D eigenvalue weighted by Crippen LogP contribution is -2.27. The second kappa shape index (κ2) is 7.75. The van der Waals surface area contributed by atoms with Gasteiger partial charge in [0.1, 0.15) is 11.8 Å². The Hall–Kier alpha value is -3.14. The quantitative estimate of drug-likeness (QED) is 0.778. The Kier molecular flexibility index (Phi) is 5.47. The molecule has 2 rings (SSSR count). The highest BCUT2D eigenvalue weighted by Gasteiger charge is 2.20. The summed E-state index contributed by atoms with van der Waals surface area (Å²) in [6, 6.07) is 8.55. The average molecular weight is 312 g/mol. The van der Waals surface area contributed by atoms with Crippen LogP contribution in [0.25, 0.3) is 0 Å². The number of nitriles is 1. The molecule has 0 saturated carbocycles. The molecule has 0 aliphatic carbocycles. The number of hydrogen-bond donors (Lipinski definition) is 2. The summed E-state index contributed by atoms with van der Waals surface area (Å²) in [6.07, 6.45) is 3.33. The summed E-state index contributed by atoms with van der Waals surface area (Å²) in [5.41, 5.74) is 1.06. The number of anilines is 1. The largest absolute Gasteiger partial charge is 0.508 e. The molecule has 0 bridgehead atoms. The first-order valence-electron chi connectivity index (χ1n) is 6.94. The molecule has 1 aromatic heterocycles. The number of benzene rings is 1. The lowest BCUT2D eigenvalue weighted by atomic mass is 9.99. The van der Waals surface area contributed by atoms with Crippen LogP contribution in [0.15, 0.2) is 36.7 Å². The van der Waals surface area contributed by atoms with Crippen LogP contribution in [-0.4, -0.2) is 34.7 Å². The molecule has 1 atom stereocenters. The normalized spacial score (nSPS) is 11.3. The molecule has 1 unspecified atom stereocenters. The van der Waals surface area contributed by atoms with Gasteiger partial charge in [0.25, 0.3) is 0 Å². The van der Waals surface area contributed by atoms with Crippen LogP contribution in [-0.2, 0) is 16.0 Å². The van der Waals surface area contributed by atoms with Gasteiger partial charge in [-0.2, -0.15) is 5.26 Å². The van der Waals surface area contributed by atoms with E-state index in [1.165, 1.54) is 19.5 Å². The van der Waals surface area contributed by atoms with Crippen molar-refractivity contribution in [3.8, 4) is 11.8 Å². The molecule has 0 spiro atoms. The SMILES string of the molecule is COC(=O)C(CNc1nccnc1C#N)Cc1ccc(O)cc1. The number of nitrogens with zero attached hydrogens (tertiary/aromatic N) is 3. The van der Waals surface area contributed by atoms with Gasteiger partial charge in [-0.25, -0.2) is 9.97 Å². The minimum atomic E-state index is -0.460. The Morgan fingerprint density at radius 1 is 1.35 bits per heavy atom. The fraction of sp³-hybridized carbons (Fsp3) is 0.250. The van der Waals surface area contributed by atoms with Crippen molar-refractivity contribution in [1.29, 1.82) is 5.26 Å². The van der Waals surface area contributed by atoms with Gasteiger partial charge in [-0.15, -0.1) is 0 Å². The third kappa shape index (κ3) is 4.41. The number of carbonyl (C=O) groups is 1. The van der Waals surface area contributed by atoms with E-state index in [0.717, 1.165) is 5.56 Å². The molecule has 0 amide bonds. The van der Waals surface area contributed by atoms with Crippen molar-refractivity contribution in [3.63, 3.8) is 0 Å². The van der Waals surface area contributed by atoms with E-state index < -0.39 is 5.92 Å². The van der Waals surface area contributed by atoms with Crippen molar-refractivity contribution in [2.75, 3.05) is 19.0 Å². The molecule has 1 heterocycles. The summed E-state index contributed by atoms with van der Waals surface area (Å²) in [5.74, 6) is -0.333. The molecule has 2 aromatic rings. The molecule has 1 aromatic carbocycles. The highest BCUT2D eigenvalue weighted by atomic mass is 16.5. The molecule has 2 N–H and O–H groups in total. The molecule has 0 saturated heterocycles. The van der Waals surface area contributed by atoms with E-state index in [0.29, 0.717) is 12.2 Å². The van der Waals surface area contributed by atoms with Crippen LogP contribution in [0.1, 0.15) is 11.3 Å². The Labute approximate surface area is 133 Å². The monoisotopic (exact) mass is 312 g/mol. The highest BCUT2D eigenvalue weighted by Crippen LogP contribution is 2.16. The lowest BCUT2D eigenvalue weighted by molar-refractivity contribution is -0.144. The second-order valence-corrected chi connectivity index (χ2v) is 4.84. The third-order valence-electron chi connectivity index (χ3n) is 3.27. The first kappa shape index (κ1) is 16.2. The van der Waals surface area contributed by atoms with Gasteiger partial charge in [0.05, 0.1) is 13.0 Å². The van der Waals surface area contributed by atoms with Gasteiger partial charge in [0.15, 0.2) is 11.5 Å². The van der Waals surface area contributed by atoms with Gasteiger partial charge in [0, 0.05) is 18.9 Å². The summed E-state index contributed by atoms with van der Waals surface area (Å²) in [4.78, 5) is 19.9. The van der Waals surface area contributed by atoms with Gasteiger partial charge in [0.2, 0.25) is 0 Å². The molecule has 0 fully saturated rings. The predicted molar refractivity (Wildman–Crippen MR) is 82.6 cm³/mol. The molecule has 7 nitrogen and oxygen atoms in total. The van der Waals surface area contributed by atoms with Crippen LogP contribution in [0.4, 0.5) is 5.82 Å². The smallest absolute Gasteiger partial charge is 0.310 e. The summed E-state index contributed by atoms with van der Waals surface area (Å²) in [7, 11) is 1.33. The second-order valence-electron chi connectivity index (χ2n) is 4.84. The zero-order valence-corrected chi connectivity index (χ0v) is 12.6. The number of methoxy groups -OCH3 is 1. The van der Waals surface area contributed by atoms with Crippen LogP contribution in [0.5, 0.6) is 5.75 Å². The minimum Gasteiger partial charge on any atom is -0.508 e. The van der Waals surface area contributed by atoms with Crippen LogP contribution >= 0.6 is 0 Å². The zero-order valence-electron chi connectivity index (χ0n) is 12.6. The van der Waals surface area contributed by atoms with E-state index >= 15 is 0 Å². The van der Waals surface area contributed by atoms with E-state index in [1.807, 2.05) is 6.07 Å². The van der Waals surface area contributed by atoms with Crippen molar-refractivity contribution in [2.45, 2.75) is 6.42 Å².